The number of ether oxygens (including phenoxy) is 1. The van der Waals surface area contributed by atoms with Crippen LogP contribution in [0.25, 0.3) is 0 Å². The highest BCUT2D eigenvalue weighted by molar-refractivity contribution is 9.10. The second-order valence-corrected chi connectivity index (χ2v) is 4.92. The third-order valence-electron chi connectivity index (χ3n) is 2.58. The van der Waals surface area contributed by atoms with Crippen molar-refractivity contribution in [1.82, 2.24) is 0 Å². The fourth-order valence-corrected chi connectivity index (χ4v) is 2.04. The molecule has 0 bridgehead atoms. The molecule has 2 aromatic carbocycles. The predicted octanol–water partition coefficient (Wildman–Crippen LogP) is 3.85. The number of hydrogen-bond donors (Lipinski definition) is 1. The van der Waals surface area contributed by atoms with Crippen molar-refractivity contribution in [3.05, 3.63) is 63.1 Å². The summed E-state index contributed by atoms with van der Waals surface area (Å²) in [6, 6.07) is 14.2. The molecule has 0 atom stereocenters. The molecular formula is C14H13BrN2O3. The number of nitro groups is 1. The molecule has 0 spiro atoms. The Labute approximate surface area is 124 Å². The molecular weight excluding hydrogens is 324 g/mol. The molecule has 6 heteroatoms. The molecule has 0 aliphatic heterocycles. The van der Waals surface area contributed by atoms with Crippen molar-refractivity contribution in [2.45, 2.75) is 0 Å². The molecule has 0 heterocycles. The molecule has 0 fully saturated rings. The van der Waals surface area contributed by atoms with E-state index in [0.717, 1.165) is 10.2 Å². The summed E-state index contributed by atoms with van der Waals surface area (Å²) in [6.07, 6.45) is 0. The summed E-state index contributed by atoms with van der Waals surface area (Å²) in [6.45, 7) is 0.903. The number of nitrogens with one attached hydrogen (secondary N) is 1. The highest BCUT2D eigenvalue weighted by Crippen LogP contribution is 2.27. The van der Waals surface area contributed by atoms with Crippen molar-refractivity contribution in [3.8, 4) is 5.75 Å². The molecule has 0 aliphatic rings. The quantitative estimate of drug-likeness (QED) is 0.494. The van der Waals surface area contributed by atoms with Gasteiger partial charge in [0, 0.05) is 17.1 Å². The number of benzene rings is 2. The lowest BCUT2D eigenvalue weighted by molar-refractivity contribution is -0.384. The molecule has 20 heavy (non-hydrogen) atoms. The SMILES string of the molecule is O=[N+]([O-])c1ccc(Br)cc1NCCOc1ccccc1. The third-order valence-corrected chi connectivity index (χ3v) is 3.08. The fourth-order valence-electron chi connectivity index (χ4n) is 1.68. The van der Waals surface area contributed by atoms with E-state index >= 15 is 0 Å². The second-order valence-electron chi connectivity index (χ2n) is 4.01. The summed E-state index contributed by atoms with van der Waals surface area (Å²) >= 11 is 3.30. The van der Waals surface area contributed by atoms with Crippen molar-refractivity contribution in [2.75, 3.05) is 18.5 Å². The Balaban J connectivity index is 1.91. The first-order chi connectivity index (χ1) is 9.66. The van der Waals surface area contributed by atoms with E-state index in [9.17, 15) is 10.1 Å². The number of rotatable bonds is 6. The summed E-state index contributed by atoms with van der Waals surface area (Å²) in [5, 5.41) is 13.9. The lowest BCUT2D eigenvalue weighted by atomic mass is 10.2. The lowest BCUT2D eigenvalue weighted by Gasteiger charge is -2.09. The van der Waals surface area contributed by atoms with E-state index in [1.165, 1.54) is 6.07 Å². The average molecular weight is 337 g/mol. The van der Waals surface area contributed by atoms with Gasteiger partial charge < -0.3 is 10.1 Å². The van der Waals surface area contributed by atoms with Crippen LogP contribution >= 0.6 is 15.9 Å². The standard InChI is InChI=1S/C14H13BrN2O3/c15-11-6-7-14(17(18)19)13(10-11)16-8-9-20-12-4-2-1-3-5-12/h1-7,10,16H,8-9H2. The molecule has 0 saturated carbocycles. The number of nitrogens with zero attached hydrogens (tertiary/aromatic N) is 1. The summed E-state index contributed by atoms with van der Waals surface area (Å²) in [5.74, 6) is 0.776. The maximum Gasteiger partial charge on any atom is 0.292 e. The zero-order valence-electron chi connectivity index (χ0n) is 10.6. The van der Waals surface area contributed by atoms with Gasteiger partial charge in [-0.25, -0.2) is 0 Å². The third kappa shape index (κ3) is 3.96. The summed E-state index contributed by atoms with van der Waals surface area (Å²) in [5.41, 5.74) is 0.522. The van der Waals surface area contributed by atoms with Gasteiger partial charge in [-0.3, -0.25) is 10.1 Å². The van der Waals surface area contributed by atoms with Crippen molar-refractivity contribution in [2.24, 2.45) is 0 Å². The Kier molecular flexibility index (Phi) is 4.95. The van der Waals surface area contributed by atoms with E-state index in [4.69, 9.17) is 4.74 Å². The van der Waals surface area contributed by atoms with Gasteiger partial charge in [0.1, 0.15) is 18.0 Å². The average Bonchev–Trinajstić information content (AvgIpc) is 2.44. The first-order valence-electron chi connectivity index (χ1n) is 6.02. The predicted molar refractivity (Wildman–Crippen MR) is 81.2 cm³/mol. The molecule has 0 amide bonds. The lowest BCUT2D eigenvalue weighted by Crippen LogP contribution is -2.12. The van der Waals surface area contributed by atoms with E-state index < -0.39 is 4.92 Å². The Bertz CT molecular complexity index is 590. The van der Waals surface area contributed by atoms with Crippen LogP contribution in [0.2, 0.25) is 0 Å². The number of halogens is 1. The number of hydrogen-bond acceptors (Lipinski definition) is 4. The number of anilines is 1. The largest absolute Gasteiger partial charge is 0.492 e. The van der Waals surface area contributed by atoms with Crippen LogP contribution in [-0.4, -0.2) is 18.1 Å². The van der Waals surface area contributed by atoms with Crippen molar-refractivity contribution in [3.63, 3.8) is 0 Å². The normalized spacial score (nSPS) is 10.1. The van der Waals surface area contributed by atoms with Gasteiger partial charge in [-0.05, 0) is 24.3 Å². The van der Waals surface area contributed by atoms with Gasteiger partial charge in [0.2, 0.25) is 0 Å². The molecule has 0 aliphatic carbocycles. The Morgan fingerprint density at radius 1 is 1.20 bits per heavy atom. The van der Waals surface area contributed by atoms with E-state index in [-0.39, 0.29) is 5.69 Å². The Hall–Kier alpha value is -2.08. The second kappa shape index (κ2) is 6.91. The first kappa shape index (κ1) is 14.3. The van der Waals surface area contributed by atoms with Gasteiger partial charge in [0.15, 0.2) is 0 Å². The topological polar surface area (TPSA) is 64.4 Å². The van der Waals surface area contributed by atoms with Gasteiger partial charge in [-0.1, -0.05) is 34.1 Å². The van der Waals surface area contributed by atoms with Crippen LogP contribution in [0.3, 0.4) is 0 Å². The molecule has 104 valence electrons. The van der Waals surface area contributed by atoms with E-state index in [1.807, 2.05) is 30.3 Å². The zero-order chi connectivity index (χ0) is 14.4. The molecule has 0 saturated heterocycles. The van der Waals surface area contributed by atoms with Crippen LogP contribution in [0.5, 0.6) is 5.75 Å². The fraction of sp³-hybridized carbons (Fsp3) is 0.143. The van der Waals surface area contributed by atoms with Gasteiger partial charge in [-0.2, -0.15) is 0 Å². The molecule has 1 N–H and O–H groups in total. The highest BCUT2D eigenvalue weighted by atomic mass is 79.9. The minimum atomic E-state index is -0.410. The molecule has 2 rings (SSSR count). The Morgan fingerprint density at radius 3 is 2.65 bits per heavy atom. The summed E-state index contributed by atoms with van der Waals surface area (Å²) < 4.78 is 6.30. The maximum atomic E-state index is 10.9. The van der Waals surface area contributed by atoms with Crippen LogP contribution in [0.1, 0.15) is 0 Å². The van der Waals surface area contributed by atoms with E-state index in [0.29, 0.717) is 18.8 Å². The van der Waals surface area contributed by atoms with Gasteiger partial charge in [-0.15, -0.1) is 0 Å². The molecule has 2 aromatic rings. The number of para-hydroxylation sites is 1. The van der Waals surface area contributed by atoms with Crippen LogP contribution in [0.15, 0.2) is 53.0 Å². The summed E-state index contributed by atoms with van der Waals surface area (Å²) in [4.78, 5) is 10.5. The molecule has 0 radical (unpaired) electrons. The molecule has 5 nitrogen and oxygen atoms in total. The number of nitro benzene ring substituents is 1. The van der Waals surface area contributed by atoms with Gasteiger partial charge in [0.25, 0.3) is 5.69 Å². The molecule has 0 unspecified atom stereocenters. The first-order valence-corrected chi connectivity index (χ1v) is 6.82. The minimum Gasteiger partial charge on any atom is -0.492 e. The van der Waals surface area contributed by atoms with Crippen LogP contribution in [0, 0.1) is 10.1 Å². The van der Waals surface area contributed by atoms with Gasteiger partial charge >= 0.3 is 0 Å². The Morgan fingerprint density at radius 2 is 1.95 bits per heavy atom. The van der Waals surface area contributed by atoms with Crippen molar-refractivity contribution >= 4 is 27.3 Å². The minimum absolute atomic E-state index is 0.0490. The summed E-state index contributed by atoms with van der Waals surface area (Å²) in [7, 11) is 0. The highest BCUT2D eigenvalue weighted by Gasteiger charge is 2.13. The van der Waals surface area contributed by atoms with Crippen LogP contribution in [-0.2, 0) is 0 Å². The monoisotopic (exact) mass is 336 g/mol. The van der Waals surface area contributed by atoms with Gasteiger partial charge in [0.05, 0.1) is 4.92 Å². The van der Waals surface area contributed by atoms with Crippen molar-refractivity contribution < 1.29 is 9.66 Å². The zero-order valence-corrected chi connectivity index (χ0v) is 12.2. The maximum absolute atomic E-state index is 10.9. The van der Waals surface area contributed by atoms with Crippen molar-refractivity contribution in [1.29, 1.82) is 0 Å². The molecule has 0 aromatic heterocycles. The van der Waals surface area contributed by atoms with Crippen LogP contribution < -0.4 is 10.1 Å². The van der Waals surface area contributed by atoms with E-state index in [2.05, 4.69) is 21.2 Å². The smallest absolute Gasteiger partial charge is 0.292 e. The van der Waals surface area contributed by atoms with Crippen LogP contribution in [0.4, 0.5) is 11.4 Å². The van der Waals surface area contributed by atoms with E-state index in [1.54, 1.807) is 12.1 Å².